The molecule has 0 aromatic heterocycles. The summed E-state index contributed by atoms with van der Waals surface area (Å²) in [5.41, 5.74) is 1.54. The standard InChI is InChI=1S/C19H21NO3/c1-14(18(21)16-12-8-5-9-13-16)17(20(2)19(22)23-3)15-10-6-4-7-11-15/h4-14,17H,1-3H3/t14-,17+/m1/s1. The van der Waals surface area contributed by atoms with Crippen molar-refractivity contribution in [3.05, 3.63) is 71.8 Å². The smallest absolute Gasteiger partial charge is 0.409 e. The van der Waals surface area contributed by atoms with Crippen molar-refractivity contribution in [2.45, 2.75) is 13.0 Å². The largest absolute Gasteiger partial charge is 0.453 e. The minimum absolute atomic E-state index is 0.00444. The molecule has 0 radical (unpaired) electrons. The first kappa shape index (κ1) is 16.7. The molecule has 2 atom stereocenters. The summed E-state index contributed by atoms with van der Waals surface area (Å²) in [6, 6.07) is 18.3. The van der Waals surface area contributed by atoms with Gasteiger partial charge in [-0.05, 0) is 5.56 Å². The lowest BCUT2D eigenvalue weighted by Crippen LogP contribution is -2.37. The van der Waals surface area contributed by atoms with Gasteiger partial charge in [-0.2, -0.15) is 0 Å². The molecule has 23 heavy (non-hydrogen) atoms. The van der Waals surface area contributed by atoms with Crippen LogP contribution in [0.25, 0.3) is 0 Å². The Bertz CT molecular complexity index is 655. The third-order valence-corrected chi connectivity index (χ3v) is 3.97. The van der Waals surface area contributed by atoms with Crippen molar-refractivity contribution >= 4 is 11.9 Å². The van der Waals surface area contributed by atoms with Crippen LogP contribution < -0.4 is 0 Å². The van der Waals surface area contributed by atoms with Crippen molar-refractivity contribution in [2.75, 3.05) is 14.2 Å². The van der Waals surface area contributed by atoms with Crippen LogP contribution in [0.2, 0.25) is 0 Å². The maximum absolute atomic E-state index is 12.8. The lowest BCUT2D eigenvalue weighted by molar-refractivity contribution is 0.0783. The van der Waals surface area contributed by atoms with Crippen LogP contribution in [-0.4, -0.2) is 30.9 Å². The van der Waals surface area contributed by atoms with E-state index < -0.39 is 18.1 Å². The first-order valence-electron chi connectivity index (χ1n) is 7.51. The topological polar surface area (TPSA) is 46.6 Å². The SMILES string of the molecule is COC(=O)N(C)[C@H](c1ccccc1)[C@@H](C)C(=O)c1ccccc1. The predicted octanol–water partition coefficient (Wildman–Crippen LogP) is 3.94. The molecule has 0 spiro atoms. The Hall–Kier alpha value is -2.62. The molecule has 0 aliphatic heterocycles. The van der Waals surface area contributed by atoms with E-state index in [0.717, 1.165) is 5.56 Å². The second kappa shape index (κ2) is 7.58. The number of hydrogen-bond acceptors (Lipinski definition) is 3. The van der Waals surface area contributed by atoms with Gasteiger partial charge >= 0.3 is 6.09 Å². The second-order valence-electron chi connectivity index (χ2n) is 5.46. The number of methoxy groups -OCH3 is 1. The van der Waals surface area contributed by atoms with Gasteiger partial charge in [0.15, 0.2) is 5.78 Å². The van der Waals surface area contributed by atoms with Crippen LogP contribution >= 0.6 is 0 Å². The Kier molecular flexibility index (Phi) is 5.52. The molecule has 0 saturated heterocycles. The van der Waals surface area contributed by atoms with Crippen molar-refractivity contribution in [3.63, 3.8) is 0 Å². The Morgan fingerprint density at radius 3 is 2.00 bits per heavy atom. The zero-order valence-electron chi connectivity index (χ0n) is 13.6. The molecule has 0 N–H and O–H groups in total. The summed E-state index contributed by atoms with van der Waals surface area (Å²) < 4.78 is 4.83. The number of nitrogens with zero attached hydrogens (tertiary/aromatic N) is 1. The van der Waals surface area contributed by atoms with Gasteiger partial charge in [-0.3, -0.25) is 4.79 Å². The molecule has 0 aliphatic carbocycles. The third kappa shape index (κ3) is 3.77. The maximum Gasteiger partial charge on any atom is 0.409 e. The molecular formula is C19H21NO3. The summed E-state index contributed by atoms with van der Waals surface area (Å²) in [7, 11) is 2.99. The highest BCUT2D eigenvalue weighted by Crippen LogP contribution is 2.30. The van der Waals surface area contributed by atoms with E-state index in [4.69, 9.17) is 4.74 Å². The fourth-order valence-corrected chi connectivity index (χ4v) is 2.76. The van der Waals surface area contributed by atoms with E-state index in [9.17, 15) is 9.59 Å². The minimum atomic E-state index is -0.466. The van der Waals surface area contributed by atoms with Crippen LogP contribution in [0.4, 0.5) is 4.79 Å². The number of ketones is 1. The molecule has 0 unspecified atom stereocenters. The van der Waals surface area contributed by atoms with Gasteiger partial charge in [0, 0.05) is 18.5 Å². The van der Waals surface area contributed by atoms with Crippen LogP contribution in [0.3, 0.4) is 0 Å². The van der Waals surface area contributed by atoms with E-state index >= 15 is 0 Å². The number of carbonyl (C=O) groups excluding carboxylic acids is 2. The second-order valence-corrected chi connectivity index (χ2v) is 5.46. The highest BCUT2D eigenvalue weighted by Gasteiger charge is 2.32. The summed E-state index contributed by atoms with van der Waals surface area (Å²) in [5, 5.41) is 0. The summed E-state index contributed by atoms with van der Waals surface area (Å²) in [5.74, 6) is -0.404. The summed E-state index contributed by atoms with van der Waals surface area (Å²) >= 11 is 0. The molecule has 0 saturated carbocycles. The van der Waals surface area contributed by atoms with E-state index in [-0.39, 0.29) is 5.78 Å². The average Bonchev–Trinajstić information content (AvgIpc) is 2.62. The fraction of sp³-hybridized carbons (Fsp3) is 0.263. The van der Waals surface area contributed by atoms with Gasteiger partial charge in [0.1, 0.15) is 0 Å². The van der Waals surface area contributed by atoms with Gasteiger partial charge < -0.3 is 9.64 Å². The number of hydrogen-bond donors (Lipinski definition) is 0. The van der Waals surface area contributed by atoms with Gasteiger partial charge in [-0.15, -0.1) is 0 Å². The molecule has 0 heterocycles. The van der Waals surface area contributed by atoms with Gasteiger partial charge in [-0.1, -0.05) is 67.6 Å². The molecule has 0 fully saturated rings. The van der Waals surface area contributed by atoms with E-state index in [1.54, 1.807) is 19.2 Å². The van der Waals surface area contributed by atoms with E-state index in [1.807, 2.05) is 55.5 Å². The molecule has 0 aliphatic rings. The zero-order valence-corrected chi connectivity index (χ0v) is 13.6. The minimum Gasteiger partial charge on any atom is -0.453 e. The number of rotatable bonds is 5. The van der Waals surface area contributed by atoms with Crippen molar-refractivity contribution < 1.29 is 14.3 Å². The van der Waals surface area contributed by atoms with Crippen molar-refractivity contribution in [1.82, 2.24) is 4.90 Å². The Morgan fingerprint density at radius 2 is 1.48 bits per heavy atom. The molecule has 2 aromatic carbocycles. The normalized spacial score (nSPS) is 13.0. The average molecular weight is 311 g/mol. The van der Waals surface area contributed by atoms with Crippen LogP contribution in [0, 0.1) is 5.92 Å². The van der Waals surface area contributed by atoms with E-state index in [2.05, 4.69) is 0 Å². The van der Waals surface area contributed by atoms with Gasteiger partial charge in [0.2, 0.25) is 0 Å². The zero-order chi connectivity index (χ0) is 16.8. The molecule has 4 heteroatoms. The maximum atomic E-state index is 12.8. The quantitative estimate of drug-likeness (QED) is 0.786. The molecule has 120 valence electrons. The molecule has 2 aromatic rings. The van der Waals surface area contributed by atoms with Crippen LogP contribution in [0.5, 0.6) is 0 Å². The molecule has 2 rings (SSSR count). The molecule has 1 amide bonds. The molecule has 0 bridgehead atoms. The van der Waals surface area contributed by atoms with Gasteiger partial charge in [0.25, 0.3) is 0 Å². The van der Waals surface area contributed by atoms with E-state index in [1.165, 1.54) is 12.0 Å². The van der Waals surface area contributed by atoms with Crippen LogP contribution in [0.1, 0.15) is 28.9 Å². The number of carbonyl (C=O) groups is 2. The van der Waals surface area contributed by atoms with Crippen LogP contribution in [-0.2, 0) is 4.74 Å². The molecule has 4 nitrogen and oxygen atoms in total. The van der Waals surface area contributed by atoms with E-state index in [0.29, 0.717) is 5.56 Å². The lowest BCUT2D eigenvalue weighted by Gasteiger charge is -2.31. The molecular weight excluding hydrogens is 290 g/mol. The number of amides is 1. The summed E-state index contributed by atoms with van der Waals surface area (Å²) in [6.07, 6.45) is -0.466. The first-order valence-corrected chi connectivity index (χ1v) is 7.51. The van der Waals surface area contributed by atoms with Crippen molar-refractivity contribution in [2.24, 2.45) is 5.92 Å². The first-order chi connectivity index (χ1) is 11.1. The summed E-state index contributed by atoms with van der Waals surface area (Å²) in [4.78, 5) is 26.3. The highest BCUT2D eigenvalue weighted by molar-refractivity contribution is 5.98. The summed E-state index contributed by atoms with van der Waals surface area (Å²) in [6.45, 7) is 1.84. The van der Waals surface area contributed by atoms with Crippen molar-refractivity contribution in [1.29, 1.82) is 0 Å². The van der Waals surface area contributed by atoms with Gasteiger partial charge in [-0.25, -0.2) is 4.79 Å². The number of Topliss-reactive ketones (excluding diaryl/α,β-unsaturated/α-hetero) is 1. The Balaban J connectivity index is 2.37. The fourth-order valence-electron chi connectivity index (χ4n) is 2.76. The highest BCUT2D eigenvalue weighted by atomic mass is 16.5. The predicted molar refractivity (Wildman–Crippen MR) is 89.3 cm³/mol. The lowest BCUT2D eigenvalue weighted by atomic mass is 9.87. The Labute approximate surface area is 136 Å². The van der Waals surface area contributed by atoms with Crippen LogP contribution in [0.15, 0.2) is 60.7 Å². The Morgan fingerprint density at radius 1 is 0.957 bits per heavy atom. The monoisotopic (exact) mass is 311 g/mol. The number of ether oxygens (including phenoxy) is 1. The van der Waals surface area contributed by atoms with Crippen molar-refractivity contribution in [3.8, 4) is 0 Å². The third-order valence-electron chi connectivity index (χ3n) is 3.97. The number of benzene rings is 2. The van der Waals surface area contributed by atoms with Gasteiger partial charge in [0.05, 0.1) is 13.2 Å².